The summed E-state index contributed by atoms with van der Waals surface area (Å²) >= 11 is 5.55. The summed E-state index contributed by atoms with van der Waals surface area (Å²) in [6, 6.07) is 0.0120. The number of hydrogen-bond donors (Lipinski definition) is 2. The molecular weight excluding hydrogens is 293 g/mol. The number of halogens is 4. The van der Waals surface area contributed by atoms with Crippen LogP contribution in [0.15, 0.2) is 12.1 Å². The van der Waals surface area contributed by atoms with Gasteiger partial charge in [-0.1, -0.05) is 11.6 Å². The summed E-state index contributed by atoms with van der Waals surface area (Å²) in [6.45, 7) is 0. The van der Waals surface area contributed by atoms with Gasteiger partial charge >= 0.3 is 0 Å². The van der Waals surface area contributed by atoms with Gasteiger partial charge in [-0.3, -0.25) is 0 Å². The number of fused-ring (bicyclic) bond motifs is 1. The number of hydrogen-bond acceptors (Lipinski definition) is 2. The van der Waals surface area contributed by atoms with Gasteiger partial charge in [0.2, 0.25) is 0 Å². The summed E-state index contributed by atoms with van der Waals surface area (Å²) in [5.74, 6) is -4.45. The molecule has 0 amide bonds. The fourth-order valence-electron chi connectivity index (χ4n) is 1.98. The van der Waals surface area contributed by atoms with E-state index in [1.54, 1.807) is 4.72 Å². The van der Waals surface area contributed by atoms with Gasteiger partial charge in [-0.15, -0.1) is 0 Å². The van der Waals surface area contributed by atoms with Crippen molar-refractivity contribution in [3.05, 3.63) is 34.1 Å². The van der Waals surface area contributed by atoms with Crippen molar-refractivity contribution in [1.29, 1.82) is 0 Å². The molecule has 0 saturated carbocycles. The van der Waals surface area contributed by atoms with Gasteiger partial charge in [-0.25, -0.2) is 18.3 Å². The van der Waals surface area contributed by atoms with Crippen LogP contribution in [0.2, 0.25) is 5.02 Å². The van der Waals surface area contributed by atoms with E-state index in [0.717, 1.165) is 6.07 Å². The van der Waals surface area contributed by atoms with Crippen LogP contribution < -0.4 is 9.86 Å². The van der Waals surface area contributed by atoms with E-state index in [1.807, 2.05) is 0 Å². The van der Waals surface area contributed by atoms with E-state index < -0.39 is 40.0 Å². The third-order valence-corrected chi connectivity index (χ3v) is 3.38. The molecule has 0 bridgehead atoms. The predicted molar refractivity (Wildman–Crippen MR) is 59.0 cm³/mol. The van der Waals surface area contributed by atoms with Crippen LogP contribution in [0.5, 0.6) is 0 Å². The molecule has 3 N–H and O–H groups in total. The summed E-state index contributed by atoms with van der Waals surface area (Å²) < 4.78 is 64.2. The second-order valence-electron chi connectivity index (χ2n) is 3.99. The highest BCUT2D eigenvalue weighted by Crippen LogP contribution is 2.45. The van der Waals surface area contributed by atoms with E-state index in [-0.39, 0.29) is 10.6 Å². The number of alkyl halides is 2. The van der Waals surface area contributed by atoms with Gasteiger partial charge in [-0.2, -0.15) is 13.1 Å². The summed E-state index contributed by atoms with van der Waals surface area (Å²) in [4.78, 5) is 0. The summed E-state index contributed by atoms with van der Waals surface area (Å²) in [5, 5.41) is 4.62. The van der Waals surface area contributed by atoms with Crippen molar-refractivity contribution >= 4 is 21.8 Å². The molecule has 1 aliphatic carbocycles. The van der Waals surface area contributed by atoms with E-state index in [2.05, 4.69) is 5.14 Å². The zero-order chi connectivity index (χ0) is 13.7. The van der Waals surface area contributed by atoms with Gasteiger partial charge in [0.05, 0.1) is 0 Å². The molecule has 0 unspecified atom stereocenters. The minimum Gasteiger partial charge on any atom is -0.216 e. The standard InChI is InChI=1S/C9H8ClF3N2O2S/c10-5-1-4-3-9(12,13)8(15-18(14,16)17)7(4)6(11)2-5/h1-2,8,15H,3H2,(H2,14,16,17)/t8-/m0/s1. The quantitative estimate of drug-likeness (QED) is 0.869. The van der Waals surface area contributed by atoms with Crippen LogP contribution in [0.3, 0.4) is 0 Å². The Morgan fingerprint density at radius 3 is 2.61 bits per heavy atom. The van der Waals surface area contributed by atoms with Crippen LogP contribution >= 0.6 is 11.6 Å². The van der Waals surface area contributed by atoms with Crippen molar-refractivity contribution in [1.82, 2.24) is 4.72 Å². The topological polar surface area (TPSA) is 72.2 Å². The molecule has 100 valence electrons. The molecule has 1 aromatic rings. The lowest BCUT2D eigenvalue weighted by Crippen LogP contribution is -2.41. The summed E-state index contributed by atoms with van der Waals surface area (Å²) in [7, 11) is -4.38. The Hall–Kier alpha value is -0.830. The maximum Gasteiger partial charge on any atom is 0.275 e. The smallest absolute Gasteiger partial charge is 0.216 e. The van der Waals surface area contributed by atoms with Crippen molar-refractivity contribution in [3.63, 3.8) is 0 Å². The monoisotopic (exact) mass is 300 g/mol. The summed E-state index contributed by atoms with van der Waals surface area (Å²) in [5.41, 5.74) is -0.454. The molecule has 0 heterocycles. The Morgan fingerprint density at radius 2 is 2.06 bits per heavy atom. The fraction of sp³-hybridized carbons (Fsp3) is 0.333. The zero-order valence-corrected chi connectivity index (χ0v) is 10.3. The molecule has 18 heavy (non-hydrogen) atoms. The molecular formula is C9H8ClF3N2O2S. The number of nitrogens with one attached hydrogen (secondary N) is 1. The van der Waals surface area contributed by atoms with E-state index in [9.17, 15) is 21.6 Å². The highest BCUT2D eigenvalue weighted by atomic mass is 35.5. The maximum atomic E-state index is 13.7. The van der Waals surface area contributed by atoms with Crippen LogP contribution in [0.4, 0.5) is 13.2 Å². The number of rotatable bonds is 2. The molecule has 1 aliphatic rings. The lowest BCUT2D eigenvalue weighted by Gasteiger charge is -2.20. The molecule has 0 spiro atoms. The van der Waals surface area contributed by atoms with Gasteiger partial charge < -0.3 is 0 Å². The van der Waals surface area contributed by atoms with E-state index in [0.29, 0.717) is 0 Å². The average molecular weight is 301 g/mol. The summed E-state index contributed by atoms with van der Waals surface area (Å²) in [6.07, 6.45) is -0.799. The van der Waals surface area contributed by atoms with Crippen molar-refractivity contribution < 1.29 is 21.6 Å². The Balaban J connectivity index is 2.55. The minimum absolute atomic E-state index is 0.0293. The predicted octanol–water partition coefficient (Wildman–Crippen LogP) is 1.50. The third-order valence-electron chi connectivity index (χ3n) is 2.60. The van der Waals surface area contributed by atoms with Crippen molar-refractivity contribution in [2.24, 2.45) is 5.14 Å². The van der Waals surface area contributed by atoms with Gasteiger partial charge in [0.15, 0.2) is 0 Å². The number of benzene rings is 1. The third kappa shape index (κ3) is 2.46. The second-order valence-corrected chi connectivity index (χ2v) is 5.76. The van der Waals surface area contributed by atoms with Crippen LogP contribution in [-0.4, -0.2) is 14.3 Å². The molecule has 9 heteroatoms. The largest absolute Gasteiger partial charge is 0.275 e. The van der Waals surface area contributed by atoms with Crippen molar-refractivity contribution in [2.45, 2.75) is 18.4 Å². The number of nitrogens with two attached hydrogens (primary N) is 1. The van der Waals surface area contributed by atoms with Crippen molar-refractivity contribution in [2.75, 3.05) is 0 Å². The molecule has 2 rings (SSSR count). The molecule has 0 fully saturated rings. The molecule has 0 aromatic heterocycles. The van der Waals surface area contributed by atoms with Crippen LogP contribution in [-0.2, 0) is 16.6 Å². The lowest BCUT2D eigenvalue weighted by molar-refractivity contribution is -0.0193. The molecule has 1 aromatic carbocycles. The zero-order valence-electron chi connectivity index (χ0n) is 8.75. The van der Waals surface area contributed by atoms with Crippen LogP contribution in [0.1, 0.15) is 17.2 Å². The molecule has 0 saturated heterocycles. The Morgan fingerprint density at radius 1 is 1.44 bits per heavy atom. The van der Waals surface area contributed by atoms with E-state index >= 15 is 0 Å². The minimum atomic E-state index is -4.38. The SMILES string of the molecule is NS(=O)(=O)N[C@H]1c2c(F)cc(Cl)cc2CC1(F)F. The Bertz CT molecular complexity index is 606. The highest BCUT2D eigenvalue weighted by molar-refractivity contribution is 7.87. The van der Waals surface area contributed by atoms with Gasteiger partial charge in [0.1, 0.15) is 11.9 Å². The molecule has 0 radical (unpaired) electrons. The average Bonchev–Trinajstić information content (AvgIpc) is 2.34. The molecule has 4 nitrogen and oxygen atoms in total. The molecule has 1 atom stereocenters. The highest BCUT2D eigenvalue weighted by Gasteiger charge is 2.50. The van der Waals surface area contributed by atoms with Gasteiger partial charge in [0, 0.05) is 17.0 Å². The van der Waals surface area contributed by atoms with Gasteiger partial charge in [0.25, 0.3) is 16.1 Å². The first-order chi connectivity index (χ1) is 8.10. The van der Waals surface area contributed by atoms with Crippen LogP contribution in [0.25, 0.3) is 0 Å². The lowest BCUT2D eigenvalue weighted by atomic mass is 10.1. The second kappa shape index (κ2) is 4.09. The first-order valence-electron chi connectivity index (χ1n) is 4.76. The first-order valence-corrected chi connectivity index (χ1v) is 6.68. The first kappa shape index (κ1) is 13.6. The fourth-order valence-corrected chi connectivity index (χ4v) is 2.83. The Labute approximate surface area is 106 Å². The van der Waals surface area contributed by atoms with Crippen LogP contribution in [0, 0.1) is 5.82 Å². The Kier molecular flexibility index (Phi) is 3.09. The van der Waals surface area contributed by atoms with E-state index in [1.165, 1.54) is 6.07 Å². The normalized spacial score (nSPS) is 21.9. The molecule has 0 aliphatic heterocycles. The maximum absolute atomic E-state index is 13.7. The van der Waals surface area contributed by atoms with Crippen molar-refractivity contribution in [3.8, 4) is 0 Å². The van der Waals surface area contributed by atoms with Gasteiger partial charge in [-0.05, 0) is 17.7 Å². The van der Waals surface area contributed by atoms with E-state index in [4.69, 9.17) is 11.6 Å².